The number of ether oxygens (including phenoxy) is 1. The van der Waals surface area contributed by atoms with Gasteiger partial charge in [-0.1, -0.05) is 17.4 Å². The highest BCUT2D eigenvalue weighted by molar-refractivity contribution is 7.13. The van der Waals surface area contributed by atoms with Gasteiger partial charge >= 0.3 is 0 Å². The van der Waals surface area contributed by atoms with Crippen molar-refractivity contribution in [2.45, 2.75) is 26.1 Å². The van der Waals surface area contributed by atoms with Gasteiger partial charge in [0.1, 0.15) is 23.2 Å². The summed E-state index contributed by atoms with van der Waals surface area (Å²) in [6, 6.07) is 10.9. The highest BCUT2D eigenvalue weighted by Gasteiger charge is 2.24. The van der Waals surface area contributed by atoms with Gasteiger partial charge in [-0.15, -0.1) is 10.2 Å². The molecule has 7 nitrogen and oxygen atoms in total. The fourth-order valence-corrected chi connectivity index (χ4v) is 4.48. The van der Waals surface area contributed by atoms with Gasteiger partial charge in [0.2, 0.25) is 5.13 Å². The monoisotopic (exact) mass is 438 g/mol. The number of fused-ring (bicyclic) bond motifs is 1. The molecule has 4 heterocycles. The Kier molecular flexibility index (Phi) is 5.63. The van der Waals surface area contributed by atoms with Crippen molar-refractivity contribution >= 4 is 33.2 Å². The molecule has 1 N–H and O–H groups in total. The standard InChI is InChI=1S/C22H23FN6OS/c1-2-29-12-15(17-7-6-16(23)10-19(17)29)11-28-8-9-30-20(13-28)18-4-3-5-21(25-18)26-22-27-24-14-31-22/h3-7,10,12,14,20H,2,8-9,11,13H2,1H3,(H,25,26,27)/t20-/m0/s1. The van der Waals surface area contributed by atoms with E-state index < -0.39 is 0 Å². The molecule has 0 spiro atoms. The van der Waals surface area contributed by atoms with Crippen LogP contribution in [0.2, 0.25) is 0 Å². The van der Waals surface area contributed by atoms with Crippen LogP contribution in [0.15, 0.2) is 48.1 Å². The summed E-state index contributed by atoms with van der Waals surface area (Å²) in [5.41, 5.74) is 4.71. The second kappa shape index (κ2) is 8.70. The van der Waals surface area contributed by atoms with E-state index in [4.69, 9.17) is 9.72 Å². The Morgan fingerprint density at radius 1 is 1.29 bits per heavy atom. The maximum atomic E-state index is 13.8. The van der Waals surface area contributed by atoms with E-state index in [0.717, 1.165) is 48.6 Å². The maximum Gasteiger partial charge on any atom is 0.210 e. The zero-order valence-corrected chi connectivity index (χ0v) is 18.0. The maximum absolute atomic E-state index is 13.8. The van der Waals surface area contributed by atoms with Crippen LogP contribution in [0.1, 0.15) is 24.3 Å². The summed E-state index contributed by atoms with van der Waals surface area (Å²) >= 11 is 1.43. The molecule has 9 heteroatoms. The second-order valence-corrected chi connectivity index (χ2v) is 8.35. The molecule has 4 aromatic rings. The molecule has 160 valence electrons. The van der Waals surface area contributed by atoms with Crippen LogP contribution in [0.3, 0.4) is 0 Å². The Morgan fingerprint density at radius 2 is 2.23 bits per heavy atom. The van der Waals surface area contributed by atoms with Crippen LogP contribution in [0.4, 0.5) is 15.3 Å². The van der Waals surface area contributed by atoms with E-state index in [9.17, 15) is 4.39 Å². The van der Waals surface area contributed by atoms with E-state index in [1.54, 1.807) is 11.6 Å². The average Bonchev–Trinajstić information content (AvgIpc) is 3.42. The van der Waals surface area contributed by atoms with Crippen LogP contribution in [0.5, 0.6) is 0 Å². The first kappa shape index (κ1) is 20.0. The smallest absolute Gasteiger partial charge is 0.210 e. The molecule has 1 aliphatic heterocycles. The minimum Gasteiger partial charge on any atom is -0.369 e. The Bertz CT molecular complexity index is 1180. The van der Waals surface area contributed by atoms with Crippen molar-refractivity contribution in [2.24, 2.45) is 0 Å². The van der Waals surface area contributed by atoms with Gasteiger partial charge in [-0.25, -0.2) is 9.37 Å². The Balaban J connectivity index is 1.33. The number of anilines is 2. The molecule has 5 rings (SSSR count). The summed E-state index contributed by atoms with van der Waals surface area (Å²) in [5.74, 6) is 0.523. The molecule has 31 heavy (non-hydrogen) atoms. The van der Waals surface area contributed by atoms with Gasteiger partial charge in [0.05, 0.1) is 17.8 Å². The fourth-order valence-electron chi connectivity index (χ4n) is 4.03. The van der Waals surface area contributed by atoms with Crippen molar-refractivity contribution < 1.29 is 9.13 Å². The van der Waals surface area contributed by atoms with Gasteiger partial charge < -0.3 is 14.6 Å². The number of aromatic nitrogens is 4. The second-order valence-electron chi connectivity index (χ2n) is 7.51. The normalized spacial score (nSPS) is 17.3. The number of nitrogens with zero attached hydrogens (tertiary/aromatic N) is 5. The van der Waals surface area contributed by atoms with Crippen LogP contribution < -0.4 is 5.32 Å². The molecule has 0 aliphatic carbocycles. The predicted molar refractivity (Wildman–Crippen MR) is 119 cm³/mol. The molecule has 0 radical (unpaired) electrons. The summed E-state index contributed by atoms with van der Waals surface area (Å²) in [6.45, 7) is 5.91. The van der Waals surface area contributed by atoms with Gasteiger partial charge in [0.25, 0.3) is 0 Å². The van der Waals surface area contributed by atoms with Crippen molar-refractivity contribution in [3.63, 3.8) is 0 Å². The van der Waals surface area contributed by atoms with Crippen molar-refractivity contribution in [1.29, 1.82) is 0 Å². The number of pyridine rings is 1. The summed E-state index contributed by atoms with van der Waals surface area (Å²) in [5, 5.41) is 12.8. The van der Waals surface area contributed by atoms with Gasteiger partial charge in [-0.05, 0) is 42.8 Å². The molecule has 1 atom stereocenters. The fraction of sp³-hybridized carbons (Fsp3) is 0.318. The minimum atomic E-state index is -0.202. The number of hydrogen-bond donors (Lipinski definition) is 1. The number of rotatable bonds is 6. The number of aryl methyl sites for hydroxylation is 1. The van der Waals surface area contributed by atoms with Gasteiger partial charge in [-0.2, -0.15) is 0 Å². The first-order chi connectivity index (χ1) is 15.2. The lowest BCUT2D eigenvalue weighted by atomic mass is 10.1. The van der Waals surface area contributed by atoms with Crippen LogP contribution in [0, 0.1) is 5.82 Å². The quantitative estimate of drug-likeness (QED) is 0.482. The first-order valence-corrected chi connectivity index (χ1v) is 11.2. The van der Waals surface area contributed by atoms with E-state index in [1.165, 1.54) is 23.0 Å². The Hall–Kier alpha value is -2.88. The van der Waals surface area contributed by atoms with Crippen LogP contribution in [0.25, 0.3) is 10.9 Å². The highest BCUT2D eigenvalue weighted by Crippen LogP contribution is 2.27. The SMILES string of the molecule is CCn1cc(CN2CCO[C@H](c3cccc(Nc4nncs4)n3)C2)c2ccc(F)cc21. The molecule has 3 aromatic heterocycles. The highest BCUT2D eigenvalue weighted by atomic mass is 32.1. The molecule has 0 unspecified atom stereocenters. The van der Waals surface area contributed by atoms with E-state index in [-0.39, 0.29) is 11.9 Å². The van der Waals surface area contributed by atoms with E-state index in [2.05, 4.69) is 38.1 Å². The van der Waals surface area contributed by atoms with Crippen LogP contribution >= 0.6 is 11.3 Å². The van der Waals surface area contributed by atoms with Gasteiger partial charge in [0.15, 0.2) is 0 Å². The van der Waals surface area contributed by atoms with Crippen LogP contribution in [-0.2, 0) is 17.8 Å². The number of hydrogen-bond acceptors (Lipinski definition) is 7. The van der Waals surface area contributed by atoms with Crippen molar-refractivity contribution in [3.05, 3.63) is 65.2 Å². The van der Waals surface area contributed by atoms with Gasteiger partial charge in [0, 0.05) is 37.8 Å². The molecule has 0 saturated carbocycles. The minimum absolute atomic E-state index is 0.109. The summed E-state index contributed by atoms with van der Waals surface area (Å²) in [4.78, 5) is 7.09. The lowest BCUT2D eigenvalue weighted by Crippen LogP contribution is -2.38. The lowest BCUT2D eigenvalue weighted by molar-refractivity contribution is -0.0348. The van der Waals surface area contributed by atoms with Crippen molar-refractivity contribution in [2.75, 3.05) is 25.0 Å². The zero-order valence-electron chi connectivity index (χ0n) is 17.2. The van der Waals surface area contributed by atoms with E-state index in [1.807, 2.05) is 24.3 Å². The molecule has 0 amide bonds. The molecule has 1 aromatic carbocycles. The Morgan fingerprint density at radius 3 is 3.06 bits per heavy atom. The molecule has 1 aliphatic rings. The van der Waals surface area contributed by atoms with Gasteiger partial charge in [-0.3, -0.25) is 4.90 Å². The zero-order chi connectivity index (χ0) is 21.2. The van der Waals surface area contributed by atoms with Crippen LogP contribution in [-0.4, -0.2) is 44.3 Å². The summed E-state index contributed by atoms with van der Waals surface area (Å²) in [6.07, 6.45) is 2.03. The molecular weight excluding hydrogens is 415 g/mol. The number of halogens is 1. The van der Waals surface area contributed by atoms with E-state index >= 15 is 0 Å². The third kappa shape index (κ3) is 4.30. The largest absolute Gasteiger partial charge is 0.369 e. The molecule has 1 saturated heterocycles. The topological polar surface area (TPSA) is 68.1 Å². The summed E-state index contributed by atoms with van der Waals surface area (Å²) < 4.78 is 21.9. The molecule has 1 fully saturated rings. The number of nitrogens with one attached hydrogen (secondary N) is 1. The first-order valence-electron chi connectivity index (χ1n) is 10.3. The lowest BCUT2D eigenvalue weighted by Gasteiger charge is -2.32. The molecule has 0 bridgehead atoms. The number of benzene rings is 1. The number of morpholine rings is 1. The predicted octanol–water partition coefficient (Wildman–Crippen LogP) is 4.36. The van der Waals surface area contributed by atoms with Crippen molar-refractivity contribution in [3.8, 4) is 0 Å². The third-order valence-corrected chi connectivity index (χ3v) is 6.11. The van der Waals surface area contributed by atoms with E-state index in [0.29, 0.717) is 11.7 Å². The Labute approximate surface area is 183 Å². The summed E-state index contributed by atoms with van der Waals surface area (Å²) in [7, 11) is 0. The molecular formula is C22H23FN6OS. The van der Waals surface area contributed by atoms with Crippen molar-refractivity contribution in [1.82, 2.24) is 24.6 Å². The third-order valence-electron chi connectivity index (χ3n) is 5.51. The average molecular weight is 439 g/mol.